The number of hydrogen-bond donors (Lipinski definition) is 2. The minimum Gasteiger partial charge on any atom is -0.422 e. The number of carbonyl (C=O) groups is 3. The zero-order chi connectivity index (χ0) is 26.2. The lowest BCUT2D eigenvalue weighted by Crippen LogP contribution is -2.18. The molecule has 0 aliphatic rings. The number of rotatable bonds is 7. The van der Waals surface area contributed by atoms with E-state index in [1.54, 1.807) is 91.0 Å². The molecule has 0 radical (unpaired) electrons. The van der Waals surface area contributed by atoms with E-state index in [0.717, 1.165) is 8.95 Å². The number of ether oxygens (including phenoxy) is 1. The molecule has 0 unspecified atom stereocenters. The Morgan fingerprint density at radius 2 is 1.32 bits per heavy atom. The van der Waals surface area contributed by atoms with Gasteiger partial charge in [0.05, 0.1) is 11.8 Å². The number of esters is 1. The zero-order valence-electron chi connectivity index (χ0n) is 19.2. The van der Waals surface area contributed by atoms with Crippen molar-refractivity contribution in [1.82, 2.24) is 5.43 Å². The van der Waals surface area contributed by atoms with Crippen LogP contribution in [0, 0.1) is 0 Å². The molecule has 0 bridgehead atoms. The first-order valence-electron chi connectivity index (χ1n) is 11.0. The lowest BCUT2D eigenvalue weighted by Gasteiger charge is -2.08. The van der Waals surface area contributed by atoms with E-state index in [4.69, 9.17) is 4.74 Å². The predicted molar refractivity (Wildman–Crippen MR) is 149 cm³/mol. The molecular weight excluding hydrogens is 602 g/mol. The summed E-state index contributed by atoms with van der Waals surface area (Å²) in [4.78, 5) is 37.3. The van der Waals surface area contributed by atoms with Gasteiger partial charge in [-0.05, 0) is 78.9 Å². The average Bonchev–Trinajstić information content (AvgIpc) is 2.91. The number of halogens is 2. The van der Waals surface area contributed by atoms with Crippen molar-refractivity contribution in [3.8, 4) is 5.75 Å². The maximum atomic E-state index is 12.5. The van der Waals surface area contributed by atoms with Crippen molar-refractivity contribution >= 4 is 61.5 Å². The molecule has 0 heterocycles. The third kappa shape index (κ3) is 7.22. The Morgan fingerprint density at radius 3 is 2.03 bits per heavy atom. The summed E-state index contributed by atoms with van der Waals surface area (Å²) in [7, 11) is 0. The quantitative estimate of drug-likeness (QED) is 0.107. The monoisotopic (exact) mass is 619 g/mol. The Labute approximate surface area is 229 Å². The van der Waals surface area contributed by atoms with Gasteiger partial charge in [-0.1, -0.05) is 50.1 Å². The molecule has 0 fully saturated rings. The minimum absolute atomic E-state index is 0.243. The van der Waals surface area contributed by atoms with Gasteiger partial charge in [0, 0.05) is 31.3 Å². The highest BCUT2D eigenvalue weighted by molar-refractivity contribution is 9.10. The fourth-order valence-electron chi connectivity index (χ4n) is 3.18. The number of benzene rings is 4. The number of hydrogen-bond acceptors (Lipinski definition) is 5. The van der Waals surface area contributed by atoms with Crippen LogP contribution in [0.25, 0.3) is 0 Å². The molecule has 0 atom stereocenters. The summed E-state index contributed by atoms with van der Waals surface area (Å²) in [5.74, 6) is -0.922. The van der Waals surface area contributed by atoms with Crippen LogP contribution in [0.15, 0.2) is 111 Å². The molecule has 7 nitrogen and oxygen atoms in total. The van der Waals surface area contributed by atoms with Crippen LogP contribution in [-0.4, -0.2) is 24.0 Å². The standard InChI is InChI=1S/C28H19Br2N3O4/c29-22-10-6-20(7-11-22)28(36)37-25-15-12-23(30)16-21(25)17-31-33-27(35)19-8-13-24(14-9-19)32-26(34)18-4-2-1-3-5-18/h1-17H,(H,32,34)(H,33,35)/b31-17-. The van der Waals surface area contributed by atoms with Crippen LogP contribution < -0.4 is 15.5 Å². The highest BCUT2D eigenvalue weighted by Gasteiger charge is 2.12. The van der Waals surface area contributed by atoms with Crippen LogP contribution in [0.2, 0.25) is 0 Å². The van der Waals surface area contributed by atoms with Crippen molar-refractivity contribution in [2.24, 2.45) is 5.10 Å². The highest BCUT2D eigenvalue weighted by atomic mass is 79.9. The summed E-state index contributed by atoms with van der Waals surface area (Å²) in [6.45, 7) is 0. The van der Waals surface area contributed by atoms with Crippen LogP contribution >= 0.6 is 31.9 Å². The second-order valence-electron chi connectivity index (χ2n) is 7.68. The first-order chi connectivity index (χ1) is 17.9. The number of anilines is 1. The summed E-state index contributed by atoms with van der Waals surface area (Å²) in [6.07, 6.45) is 1.39. The molecule has 184 valence electrons. The summed E-state index contributed by atoms with van der Waals surface area (Å²) < 4.78 is 7.13. The maximum absolute atomic E-state index is 12.5. The first kappa shape index (κ1) is 26.0. The summed E-state index contributed by atoms with van der Waals surface area (Å²) >= 11 is 6.72. The highest BCUT2D eigenvalue weighted by Crippen LogP contribution is 2.23. The number of carbonyl (C=O) groups excluding carboxylic acids is 3. The summed E-state index contributed by atoms with van der Waals surface area (Å²) in [5.41, 5.74) is 4.78. The molecule has 4 aromatic carbocycles. The Balaban J connectivity index is 1.38. The number of hydrazone groups is 1. The molecule has 0 saturated heterocycles. The van der Waals surface area contributed by atoms with Crippen molar-refractivity contribution in [1.29, 1.82) is 0 Å². The van der Waals surface area contributed by atoms with Crippen LogP contribution in [0.1, 0.15) is 36.6 Å². The van der Waals surface area contributed by atoms with E-state index >= 15 is 0 Å². The summed E-state index contributed by atoms with van der Waals surface area (Å²) in [6, 6.07) is 27.1. The molecule has 0 aliphatic heterocycles. The first-order valence-corrected chi connectivity index (χ1v) is 12.5. The minimum atomic E-state index is -0.520. The normalized spacial score (nSPS) is 10.6. The topological polar surface area (TPSA) is 96.9 Å². The Bertz CT molecular complexity index is 1460. The molecule has 37 heavy (non-hydrogen) atoms. The van der Waals surface area contributed by atoms with E-state index < -0.39 is 11.9 Å². The molecule has 0 spiro atoms. The van der Waals surface area contributed by atoms with Gasteiger partial charge in [0.2, 0.25) is 0 Å². The number of nitrogens with zero attached hydrogens (tertiary/aromatic N) is 1. The van der Waals surface area contributed by atoms with Crippen molar-refractivity contribution in [3.05, 3.63) is 128 Å². The van der Waals surface area contributed by atoms with Gasteiger partial charge in [-0.15, -0.1) is 0 Å². The van der Waals surface area contributed by atoms with Gasteiger partial charge in [-0.3, -0.25) is 9.59 Å². The molecule has 0 aliphatic carbocycles. The molecule has 9 heteroatoms. The van der Waals surface area contributed by atoms with E-state index in [2.05, 4.69) is 47.7 Å². The van der Waals surface area contributed by atoms with E-state index in [1.165, 1.54) is 6.21 Å². The zero-order valence-corrected chi connectivity index (χ0v) is 22.3. The lowest BCUT2D eigenvalue weighted by molar-refractivity contribution is 0.0733. The molecule has 4 aromatic rings. The van der Waals surface area contributed by atoms with Gasteiger partial charge in [-0.2, -0.15) is 5.10 Å². The number of amides is 2. The van der Waals surface area contributed by atoms with Crippen LogP contribution in [-0.2, 0) is 0 Å². The van der Waals surface area contributed by atoms with Gasteiger partial charge in [0.25, 0.3) is 11.8 Å². The van der Waals surface area contributed by atoms with Crippen molar-refractivity contribution in [2.75, 3.05) is 5.32 Å². The smallest absolute Gasteiger partial charge is 0.343 e. The largest absolute Gasteiger partial charge is 0.422 e. The van der Waals surface area contributed by atoms with Gasteiger partial charge in [0.1, 0.15) is 5.75 Å². The van der Waals surface area contributed by atoms with Crippen LogP contribution in [0.3, 0.4) is 0 Å². The molecule has 0 aromatic heterocycles. The van der Waals surface area contributed by atoms with Gasteiger partial charge in [0.15, 0.2) is 0 Å². The van der Waals surface area contributed by atoms with Gasteiger partial charge in [-0.25, -0.2) is 10.2 Å². The Hall–Kier alpha value is -4.08. The van der Waals surface area contributed by atoms with Gasteiger partial charge >= 0.3 is 5.97 Å². The van der Waals surface area contributed by atoms with Crippen LogP contribution in [0.5, 0.6) is 5.75 Å². The molecule has 4 rings (SSSR count). The van der Waals surface area contributed by atoms with E-state index in [0.29, 0.717) is 27.9 Å². The maximum Gasteiger partial charge on any atom is 0.343 e. The fraction of sp³-hybridized carbons (Fsp3) is 0. The second-order valence-corrected chi connectivity index (χ2v) is 9.51. The van der Waals surface area contributed by atoms with E-state index in [-0.39, 0.29) is 11.7 Å². The SMILES string of the molecule is O=C(N/N=C\c1cc(Br)ccc1OC(=O)c1ccc(Br)cc1)c1ccc(NC(=O)c2ccccc2)cc1. The Kier molecular flexibility index (Phi) is 8.60. The Morgan fingerprint density at radius 1 is 0.703 bits per heavy atom. The second kappa shape index (κ2) is 12.2. The van der Waals surface area contributed by atoms with E-state index in [9.17, 15) is 14.4 Å². The third-order valence-electron chi connectivity index (χ3n) is 5.07. The molecule has 2 N–H and O–H groups in total. The van der Waals surface area contributed by atoms with Gasteiger partial charge < -0.3 is 10.1 Å². The van der Waals surface area contributed by atoms with Crippen molar-refractivity contribution in [2.45, 2.75) is 0 Å². The van der Waals surface area contributed by atoms with Crippen LogP contribution in [0.4, 0.5) is 5.69 Å². The lowest BCUT2D eigenvalue weighted by atomic mass is 10.1. The number of nitrogens with one attached hydrogen (secondary N) is 2. The fourth-order valence-corrected chi connectivity index (χ4v) is 3.82. The molecule has 0 saturated carbocycles. The molecular formula is C28H19Br2N3O4. The average molecular weight is 621 g/mol. The third-order valence-corrected chi connectivity index (χ3v) is 6.09. The summed E-state index contributed by atoms with van der Waals surface area (Å²) in [5, 5.41) is 6.79. The van der Waals surface area contributed by atoms with E-state index in [1.807, 2.05) is 6.07 Å². The van der Waals surface area contributed by atoms with Crippen molar-refractivity contribution in [3.63, 3.8) is 0 Å². The van der Waals surface area contributed by atoms with Crippen molar-refractivity contribution < 1.29 is 19.1 Å². The predicted octanol–water partition coefficient (Wildman–Crippen LogP) is 6.45. The molecule has 2 amide bonds.